The minimum atomic E-state index is -0.455. The number of amides is 1. The van der Waals surface area contributed by atoms with Crippen LogP contribution < -0.4 is 5.32 Å². The number of ether oxygens (including phenoxy) is 1. The molecule has 1 aliphatic carbocycles. The maximum atomic E-state index is 12.4. The summed E-state index contributed by atoms with van der Waals surface area (Å²) in [5.74, 6) is 0.0843. The monoisotopic (exact) mass is 439 g/mol. The van der Waals surface area contributed by atoms with E-state index in [9.17, 15) is 9.59 Å². The highest BCUT2D eigenvalue weighted by Gasteiger charge is 2.55. The Morgan fingerprint density at radius 1 is 1.14 bits per heavy atom. The molecule has 1 saturated heterocycles. The lowest BCUT2D eigenvalue weighted by Crippen LogP contribution is -2.31. The Kier molecular flexibility index (Phi) is 5.11. The molecule has 2 atom stereocenters. The van der Waals surface area contributed by atoms with Crippen molar-refractivity contribution in [3.8, 4) is 0 Å². The van der Waals surface area contributed by atoms with Crippen molar-refractivity contribution in [2.45, 2.75) is 25.7 Å². The van der Waals surface area contributed by atoms with Crippen LogP contribution in [0.3, 0.4) is 0 Å². The number of esters is 1. The summed E-state index contributed by atoms with van der Waals surface area (Å²) in [6, 6.07) is 15.5. The molecule has 0 bridgehead atoms. The molecule has 4 rings (SSSR count). The van der Waals surface area contributed by atoms with Crippen LogP contribution in [0, 0.1) is 11.3 Å². The van der Waals surface area contributed by atoms with Gasteiger partial charge < -0.3 is 10.1 Å². The first-order chi connectivity index (χ1) is 13.4. The lowest BCUT2D eigenvalue weighted by atomic mass is 9.75. The van der Waals surface area contributed by atoms with Crippen molar-refractivity contribution in [2.24, 2.45) is 11.3 Å². The van der Waals surface area contributed by atoms with E-state index in [4.69, 9.17) is 4.74 Å². The molecular weight excluding hydrogens is 418 g/mol. The number of hydrogen-bond donors (Lipinski definition) is 1. The Bertz CT molecular complexity index is 920. The van der Waals surface area contributed by atoms with Crippen LogP contribution in [0.25, 0.3) is 0 Å². The molecule has 0 radical (unpaired) electrons. The lowest BCUT2D eigenvalue weighted by Gasteiger charge is -2.24. The second-order valence-corrected chi connectivity index (χ2v) is 8.72. The number of nitrogens with one attached hydrogen (secondary N) is 1. The molecule has 1 amide bonds. The normalized spacial score (nSPS) is 23.4. The number of fused-ring (bicyclic) bond motifs is 1. The summed E-state index contributed by atoms with van der Waals surface area (Å²) in [6.07, 6.45) is 2.56. The Morgan fingerprint density at radius 2 is 1.82 bits per heavy atom. The average molecular weight is 440 g/mol. The van der Waals surface area contributed by atoms with Crippen LogP contribution in [0.2, 0.25) is 0 Å². The van der Waals surface area contributed by atoms with Crippen LogP contribution in [0.1, 0.15) is 24.0 Å². The number of rotatable bonds is 5. The minimum absolute atomic E-state index is 0.0554. The maximum absolute atomic E-state index is 12.4. The average Bonchev–Trinajstić information content (AvgIpc) is 3.13. The zero-order valence-corrected chi connectivity index (χ0v) is 17.1. The minimum Gasteiger partial charge on any atom is -0.465 e. The Hall–Kier alpha value is -2.40. The molecule has 2 aromatic rings. The van der Waals surface area contributed by atoms with Gasteiger partial charge >= 0.3 is 5.97 Å². The second-order valence-electron chi connectivity index (χ2n) is 7.81. The number of allylic oxidation sites excluding steroid dienone is 1. The molecule has 2 unspecified atom stereocenters. The Balaban J connectivity index is 1.40. The third-order valence-corrected chi connectivity index (χ3v) is 6.27. The van der Waals surface area contributed by atoms with Gasteiger partial charge in [0.1, 0.15) is 0 Å². The van der Waals surface area contributed by atoms with Crippen molar-refractivity contribution < 1.29 is 14.3 Å². The number of cyclic esters (lactones) is 1. The topological polar surface area (TPSA) is 55.4 Å². The summed E-state index contributed by atoms with van der Waals surface area (Å²) >= 11 is 3.39. The van der Waals surface area contributed by atoms with E-state index in [-0.39, 0.29) is 17.8 Å². The summed E-state index contributed by atoms with van der Waals surface area (Å²) in [5.41, 5.74) is 3.47. The third-order valence-electron chi connectivity index (χ3n) is 5.74. The summed E-state index contributed by atoms with van der Waals surface area (Å²) in [7, 11) is 0. The van der Waals surface area contributed by atoms with Gasteiger partial charge in [0.15, 0.2) is 0 Å². The fourth-order valence-corrected chi connectivity index (χ4v) is 4.59. The number of carbonyl (C=O) groups is 2. The van der Waals surface area contributed by atoms with Gasteiger partial charge in [0.2, 0.25) is 5.91 Å². The van der Waals surface area contributed by atoms with E-state index in [0.717, 1.165) is 33.3 Å². The molecule has 1 aliphatic heterocycles. The summed E-state index contributed by atoms with van der Waals surface area (Å²) < 4.78 is 6.34. The van der Waals surface area contributed by atoms with Gasteiger partial charge in [-0.3, -0.25) is 9.59 Å². The maximum Gasteiger partial charge on any atom is 0.313 e. The predicted molar refractivity (Wildman–Crippen MR) is 112 cm³/mol. The zero-order valence-electron chi connectivity index (χ0n) is 15.5. The molecule has 2 aromatic carbocycles. The van der Waals surface area contributed by atoms with E-state index in [1.54, 1.807) is 0 Å². The highest BCUT2D eigenvalue weighted by Crippen LogP contribution is 2.52. The molecule has 2 fully saturated rings. The molecule has 5 heteroatoms. The standard InChI is InChI=1S/C23H22BrNO3/c1-15-10-18-14-28-22(27)23(18,12-15)13-17-4-8-20(9-5-17)25-21(26)11-16-2-6-19(24)7-3-16/h2-9,18H,1,10-14H2,(H,25,26). The van der Waals surface area contributed by atoms with Gasteiger partial charge in [-0.15, -0.1) is 0 Å². The first-order valence-electron chi connectivity index (χ1n) is 9.42. The van der Waals surface area contributed by atoms with E-state index in [0.29, 0.717) is 25.9 Å². The predicted octanol–water partition coefficient (Wildman–Crippen LogP) is 4.68. The second kappa shape index (κ2) is 7.55. The van der Waals surface area contributed by atoms with Crippen molar-refractivity contribution in [1.82, 2.24) is 0 Å². The van der Waals surface area contributed by atoms with Crippen molar-refractivity contribution in [1.29, 1.82) is 0 Å². The van der Waals surface area contributed by atoms with Gasteiger partial charge in [-0.1, -0.05) is 52.3 Å². The van der Waals surface area contributed by atoms with Crippen LogP contribution in [-0.2, 0) is 27.2 Å². The third kappa shape index (κ3) is 3.76. The molecular formula is C23H22BrNO3. The van der Waals surface area contributed by atoms with Crippen molar-refractivity contribution in [3.05, 3.63) is 76.3 Å². The Labute approximate surface area is 173 Å². The zero-order chi connectivity index (χ0) is 19.7. The molecule has 0 spiro atoms. The van der Waals surface area contributed by atoms with E-state index in [1.807, 2.05) is 48.5 Å². The summed E-state index contributed by atoms with van der Waals surface area (Å²) in [5, 5.41) is 2.93. The van der Waals surface area contributed by atoms with E-state index in [1.165, 1.54) is 0 Å². The van der Waals surface area contributed by atoms with Gasteiger partial charge in [-0.2, -0.15) is 0 Å². The summed E-state index contributed by atoms with van der Waals surface area (Å²) in [6.45, 7) is 4.59. The highest BCUT2D eigenvalue weighted by molar-refractivity contribution is 9.10. The summed E-state index contributed by atoms with van der Waals surface area (Å²) in [4.78, 5) is 24.7. The number of hydrogen-bond acceptors (Lipinski definition) is 3. The molecule has 4 nitrogen and oxygen atoms in total. The van der Waals surface area contributed by atoms with Crippen LogP contribution in [0.4, 0.5) is 5.69 Å². The van der Waals surface area contributed by atoms with Crippen LogP contribution in [0.15, 0.2) is 65.2 Å². The first kappa shape index (κ1) is 18.9. The first-order valence-corrected chi connectivity index (χ1v) is 10.2. The van der Waals surface area contributed by atoms with Gasteiger partial charge in [-0.25, -0.2) is 0 Å². The van der Waals surface area contributed by atoms with E-state index < -0.39 is 5.41 Å². The smallest absolute Gasteiger partial charge is 0.313 e. The van der Waals surface area contributed by atoms with Gasteiger partial charge in [0, 0.05) is 16.1 Å². The molecule has 28 heavy (non-hydrogen) atoms. The highest BCUT2D eigenvalue weighted by atomic mass is 79.9. The van der Waals surface area contributed by atoms with Crippen LogP contribution >= 0.6 is 15.9 Å². The SMILES string of the molecule is C=C1CC2COC(=O)C2(Cc2ccc(NC(=O)Cc3ccc(Br)cc3)cc2)C1. The molecule has 0 aromatic heterocycles. The number of carbonyl (C=O) groups excluding carboxylic acids is 2. The van der Waals surface area contributed by atoms with Gasteiger partial charge in [0.05, 0.1) is 18.4 Å². The van der Waals surface area contributed by atoms with E-state index >= 15 is 0 Å². The van der Waals surface area contributed by atoms with Crippen molar-refractivity contribution in [2.75, 3.05) is 11.9 Å². The molecule has 2 aliphatic rings. The van der Waals surface area contributed by atoms with Crippen LogP contribution in [-0.4, -0.2) is 18.5 Å². The quantitative estimate of drug-likeness (QED) is 0.543. The fraction of sp³-hybridized carbons (Fsp3) is 0.304. The number of benzene rings is 2. The van der Waals surface area contributed by atoms with Crippen LogP contribution in [0.5, 0.6) is 0 Å². The largest absolute Gasteiger partial charge is 0.465 e. The molecule has 1 saturated carbocycles. The number of halogens is 1. The Morgan fingerprint density at radius 3 is 2.54 bits per heavy atom. The van der Waals surface area contributed by atoms with E-state index in [2.05, 4.69) is 27.8 Å². The number of anilines is 1. The van der Waals surface area contributed by atoms with Crippen molar-refractivity contribution in [3.63, 3.8) is 0 Å². The van der Waals surface area contributed by atoms with Gasteiger partial charge in [0.25, 0.3) is 0 Å². The molecule has 144 valence electrons. The molecule has 1 heterocycles. The van der Waals surface area contributed by atoms with Crippen molar-refractivity contribution >= 4 is 33.5 Å². The fourth-order valence-electron chi connectivity index (χ4n) is 4.33. The van der Waals surface area contributed by atoms with Gasteiger partial charge in [-0.05, 0) is 54.7 Å². The molecule has 1 N–H and O–H groups in total. The lowest BCUT2D eigenvalue weighted by molar-refractivity contribution is -0.146.